The van der Waals surface area contributed by atoms with E-state index in [1.807, 2.05) is 47.5 Å². The molecule has 5 rings (SSSR count). The van der Waals surface area contributed by atoms with Crippen LogP contribution in [-0.2, 0) is 16.8 Å². The van der Waals surface area contributed by atoms with E-state index in [0.29, 0.717) is 43.9 Å². The lowest BCUT2D eigenvalue weighted by molar-refractivity contribution is -0.0967. The number of amides is 1. The molecule has 0 unspecified atom stereocenters. The van der Waals surface area contributed by atoms with Gasteiger partial charge in [0.15, 0.2) is 5.82 Å². The molecule has 31 heavy (non-hydrogen) atoms. The first kappa shape index (κ1) is 19.3. The minimum Gasteiger partial charge on any atom is -0.368 e. The Hall–Kier alpha value is -3.63. The number of fused-ring (bicyclic) bond motifs is 2. The summed E-state index contributed by atoms with van der Waals surface area (Å²) in [6, 6.07) is 15.1. The molecular weight excluding hydrogens is 390 g/mol. The van der Waals surface area contributed by atoms with Crippen LogP contribution in [0.5, 0.6) is 0 Å². The number of nitriles is 1. The lowest BCUT2D eigenvalue weighted by Crippen LogP contribution is -2.49. The van der Waals surface area contributed by atoms with Crippen LogP contribution in [0.2, 0.25) is 0 Å². The minimum atomic E-state index is -0.493. The summed E-state index contributed by atoms with van der Waals surface area (Å²) >= 11 is 0. The van der Waals surface area contributed by atoms with Gasteiger partial charge in [-0.05, 0) is 37.0 Å². The van der Waals surface area contributed by atoms with Crippen molar-refractivity contribution in [2.75, 3.05) is 19.7 Å². The average molecular weight is 411 g/mol. The molecular formula is C24H21N5O2. The fourth-order valence-electron chi connectivity index (χ4n) is 4.39. The van der Waals surface area contributed by atoms with Gasteiger partial charge in [0.25, 0.3) is 5.91 Å². The Morgan fingerprint density at radius 2 is 1.94 bits per heavy atom. The van der Waals surface area contributed by atoms with Crippen molar-refractivity contribution >= 4 is 5.91 Å². The second kappa shape index (κ2) is 7.89. The summed E-state index contributed by atoms with van der Waals surface area (Å²) in [4.78, 5) is 28.2. The number of nitrogens with zero attached hydrogens (tertiary/aromatic N) is 5. The Labute approximate surface area is 180 Å². The van der Waals surface area contributed by atoms with Crippen LogP contribution in [0.3, 0.4) is 0 Å². The summed E-state index contributed by atoms with van der Waals surface area (Å²) in [5.41, 5.74) is 3.29. The van der Waals surface area contributed by atoms with E-state index in [0.717, 1.165) is 23.2 Å². The SMILES string of the molecule is N#Cc1cc(C(=O)N2CCC3(CC2)OCCc2cnc(-c4ccccc4)nc23)ccn1. The molecule has 4 heterocycles. The van der Waals surface area contributed by atoms with Crippen LogP contribution in [0.4, 0.5) is 0 Å². The average Bonchev–Trinajstić information content (AvgIpc) is 2.85. The standard InChI is InChI=1S/C24H21N5O2/c25-15-20-14-18(6-10-26-20)23(30)29-11-8-24(9-12-29)21-19(7-13-31-24)16-27-22(28-21)17-4-2-1-3-5-17/h1-6,10,14,16H,7-9,11-13H2. The predicted molar refractivity (Wildman–Crippen MR) is 113 cm³/mol. The zero-order valence-corrected chi connectivity index (χ0v) is 17.0. The highest BCUT2D eigenvalue weighted by molar-refractivity contribution is 5.94. The van der Waals surface area contributed by atoms with Crippen molar-refractivity contribution in [2.45, 2.75) is 24.9 Å². The first-order valence-electron chi connectivity index (χ1n) is 10.4. The van der Waals surface area contributed by atoms with Crippen molar-refractivity contribution in [1.82, 2.24) is 19.9 Å². The van der Waals surface area contributed by atoms with Crippen LogP contribution in [0.1, 0.15) is 40.2 Å². The van der Waals surface area contributed by atoms with Gasteiger partial charge in [0, 0.05) is 36.6 Å². The summed E-state index contributed by atoms with van der Waals surface area (Å²) in [6.45, 7) is 1.76. The number of hydrogen-bond acceptors (Lipinski definition) is 6. The van der Waals surface area contributed by atoms with Crippen molar-refractivity contribution in [1.29, 1.82) is 5.26 Å². The molecule has 0 atom stereocenters. The van der Waals surface area contributed by atoms with Gasteiger partial charge in [-0.3, -0.25) is 4.79 Å². The zero-order valence-electron chi connectivity index (χ0n) is 17.0. The molecule has 7 heteroatoms. The number of aromatic nitrogens is 3. The summed E-state index contributed by atoms with van der Waals surface area (Å²) < 4.78 is 6.31. The molecule has 1 spiro atoms. The molecule has 0 bridgehead atoms. The quantitative estimate of drug-likeness (QED) is 0.643. The molecule has 154 valence electrons. The summed E-state index contributed by atoms with van der Waals surface area (Å²) in [6.07, 6.45) is 5.57. The topological polar surface area (TPSA) is 92.0 Å². The molecule has 2 aromatic heterocycles. The van der Waals surface area contributed by atoms with Gasteiger partial charge >= 0.3 is 0 Å². The van der Waals surface area contributed by atoms with Crippen molar-refractivity contribution in [3.8, 4) is 17.5 Å². The highest BCUT2D eigenvalue weighted by atomic mass is 16.5. The molecule has 2 aliphatic heterocycles. The Kier molecular flexibility index (Phi) is 4.92. The van der Waals surface area contributed by atoms with Gasteiger partial charge < -0.3 is 9.64 Å². The number of rotatable bonds is 2. The van der Waals surface area contributed by atoms with Gasteiger partial charge in [-0.2, -0.15) is 5.26 Å². The molecule has 1 amide bonds. The van der Waals surface area contributed by atoms with Crippen molar-refractivity contribution in [3.05, 3.63) is 77.4 Å². The lowest BCUT2D eigenvalue weighted by Gasteiger charge is -2.44. The fourth-order valence-corrected chi connectivity index (χ4v) is 4.39. The van der Waals surface area contributed by atoms with Crippen molar-refractivity contribution in [2.24, 2.45) is 0 Å². The maximum atomic E-state index is 12.9. The van der Waals surface area contributed by atoms with E-state index >= 15 is 0 Å². The smallest absolute Gasteiger partial charge is 0.254 e. The molecule has 1 fully saturated rings. The lowest BCUT2D eigenvalue weighted by atomic mass is 9.83. The number of piperidine rings is 1. The largest absolute Gasteiger partial charge is 0.368 e. The molecule has 0 radical (unpaired) electrons. The van der Waals surface area contributed by atoms with Crippen LogP contribution in [-0.4, -0.2) is 45.5 Å². The van der Waals surface area contributed by atoms with Gasteiger partial charge in [-0.25, -0.2) is 15.0 Å². The number of hydrogen-bond donors (Lipinski definition) is 0. The van der Waals surface area contributed by atoms with Crippen molar-refractivity contribution < 1.29 is 9.53 Å². The molecule has 2 aliphatic rings. The normalized spacial score (nSPS) is 17.1. The number of ether oxygens (including phenoxy) is 1. The monoisotopic (exact) mass is 411 g/mol. The van der Waals surface area contributed by atoms with Crippen molar-refractivity contribution in [3.63, 3.8) is 0 Å². The summed E-state index contributed by atoms with van der Waals surface area (Å²) in [7, 11) is 0. The van der Waals surface area contributed by atoms with E-state index in [1.165, 1.54) is 6.20 Å². The van der Waals surface area contributed by atoms with Crippen LogP contribution in [0, 0.1) is 11.3 Å². The van der Waals surface area contributed by atoms with E-state index in [1.54, 1.807) is 12.1 Å². The van der Waals surface area contributed by atoms with E-state index in [4.69, 9.17) is 15.0 Å². The molecule has 0 N–H and O–H groups in total. The fraction of sp³-hybridized carbons (Fsp3) is 0.292. The van der Waals surface area contributed by atoms with Gasteiger partial charge in [-0.1, -0.05) is 30.3 Å². The Bertz CT molecular complexity index is 1160. The molecule has 3 aromatic rings. The predicted octanol–water partition coefficient (Wildman–Crippen LogP) is 3.11. The number of carbonyl (C=O) groups excluding carboxylic acids is 1. The third-order valence-corrected chi connectivity index (χ3v) is 6.06. The first-order valence-corrected chi connectivity index (χ1v) is 10.4. The zero-order chi connectivity index (χ0) is 21.3. The number of pyridine rings is 1. The third kappa shape index (κ3) is 3.56. The van der Waals surface area contributed by atoms with E-state index in [9.17, 15) is 4.79 Å². The second-order valence-electron chi connectivity index (χ2n) is 7.86. The summed E-state index contributed by atoms with van der Waals surface area (Å²) in [5, 5.41) is 9.05. The van der Waals surface area contributed by atoms with E-state index in [2.05, 4.69) is 9.97 Å². The summed E-state index contributed by atoms with van der Waals surface area (Å²) in [5.74, 6) is 0.612. The van der Waals surface area contributed by atoms with E-state index < -0.39 is 5.60 Å². The molecule has 0 aliphatic carbocycles. The van der Waals surface area contributed by atoms with Crippen LogP contribution in [0.15, 0.2) is 54.9 Å². The van der Waals surface area contributed by atoms with Crippen LogP contribution in [0.25, 0.3) is 11.4 Å². The second-order valence-corrected chi connectivity index (χ2v) is 7.86. The number of carbonyl (C=O) groups is 1. The molecule has 1 aromatic carbocycles. The third-order valence-electron chi connectivity index (χ3n) is 6.06. The van der Waals surface area contributed by atoms with Crippen LogP contribution >= 0.6 is 0 Å². The Morgan fingerprint density at radius 3 is 2.71 bits per heavy atom. The maximum Gasteiger partial charge on any atom is 0.254 e. The van der Waals surface area contributed by atoms with Gasteiger partial charge in [-0.15, -0.1) is 0 Å². The van der Waals surface area contributed by atoms with E-state index in [-0.39, 0.29) is 11.6 Å². The Balaban J connectivity index is 1.39. The molecule has 1 saturated heterocycles. The highest BCUT2D eigenvalue weighted by Crippen LogP contribution is 2.41. The first-order chi connectivity index (χ1) is 15.2. The molecule has 0 saturated carbocycles. The maximum absolute atomic E-state index is 12.9. The highest BCUT2D eigenvalue weighted by Gasteiger charge is 2.43. The number of benzene rings is 1. The van der Waals surface area contributed by atoms with Gasteiger partial charge in [0.1, 0.15) is 17.4 Å². The van der Waals surface area contributed by atoms with Gasteiger partial charge in [0.2, 0.25) is 0 Å². The molecule has 7 nitrogen and oxygen atoms in total. The van der Waals surface area contributed by atoms with Crippen LogP contribution < -0.4 is 0 Å². The van der Waals surface area contributed by atoms with Gasteiger partial charge in [0.05, 0.1) is 12.3 Å². The number of likely N-dealkylation sites (tertiary alicyclic amines) is 1. The minimum absolute atomic E-state index is 0.0857. The Morgan fingerprint density at radius 1 is 1.13 bits per heavy atom.